The lowest BCUT2D eigenvalue weighted by Crippen LogP contribution is -2.43. The highest BCUT2D eigenvalue weighted by atomic mass is 16.5. The molecule has 0 aromatic heterocycles. The van der Waals surface area contributed by atoms with E-state index >= 15 is 0 Å². The summed E-state index contributed by atoms with van der Waals surface area (Å²) in [6.07, 6.45) is 0. The molecule has 0 bridgehead atoms. The van der Waals surface area contributed by atoms with E-state index in [2.05, 4.69) is 10.6 Å². The maximum Gasteiger partial charge on any atom is 0.335 e. The molecular formula is C21H26N2O4. The molecule has 1 amide bonds. The Morgan fingerprint density at radius 2 is 1.81 bits per heavy atom. The number of carboxylic acid groups (broad SMARTS) is 1. The van der Waals surface area contributed by atoms with Crippen molar-refractivity contribution in [2.45, 2.75) is 39.8 Å². The Morgan fingerprint density at radius 1 is 1.11 bits per heavy atom. The van der Waals surface area contributed by atoms with Crippen molar-refractivity contribution in [1.82, 2.24) is 5.32 Å². The number of ether oxygens (including phenoxy) is 1. The van der Waals surface area contributed by atoms with Crippen molar-refractivity contribution in [1.29, 1.82) is 0 Å². The van der Waals surface area contributed by atoms with Crippen LogP contribution in [0.15, 0.2) is 42.5 Å². The van der Waals surface area contributed by atoms with Gasteiger partial charge in [-0.05, 0) is 51.5 Å². The number of carbonyl (C=O) groups is 2. The molecule has 27 heavy (non-hydrogen) atoms. The van der Waals surface area contributed by atoms with E-state index in [1.165, 1.54) is 0 Å². The first kappa shape index (κ1) is 20.3. The Balaban J connectivity index is 2.05. The van der Waals surface area contributed by atoms with Crippen molar-refractivity contribution in [2.75, 3.05) is 11.9 Å². The molecule has 0 aliphatic rings. The van der Waals surface area contributed by atoms with Crippen molar-refractivity contribution < 1.29 is 19.4 Å². The smallest absolute Gasteiger partial charge is 0.335 e. The second-order valence-corrected chi connectivity index (χ2v) is 7.38. The third kappa shape index (κ3) is 6.33. The number of aromatic carboxylic acids is 1. The highest BCUT2D eigenvalue weighted by molar-refractivity contribution is 5.89. The van der Waals surface area contributed by atoms with Gasteiger partial charge in [-0.2, -0.15) is 0 Å². The van der Waals surface area contributed by atoms with E-state index in [1.54, 1.807) is 18.2 Å². The average Bonchev–Trinajstić information content (AvgIpc) is 2.58. The van der Waals surface area contributed by atoms with Gasteiger partial charge in [0.15, 0.2) is 6.61 Å². The minimum Gasteiger partial charge on any atom is -0.483 e. The summed E-state index contributed by atoms with van der Waals surface area (Å²) in [5.41, 5.74) is 2.49. The van der Waals surface area contributed by atoms with Gasteiger partial charge in [-0.15, -0.1) is 0 Å². The maximum atomic E-state index is 12.0. The summed E-state index contributed by atoms with van der Waals surface area (Å²) in [4.78, 5) is 23.1. The van der Waals surface area contributed by atoms with Crippen LogP contribution in [0.5, 0.6) is 5.75 Å². The van der Waals surface area contributed by atoms with E-state index in [9.17, 15) is 9.59 Å². The molecule has 6 nitrogen and oxygen atoms in total. The number of amides is 1. The average molecular weight is 370 g/mol. The van der Waals surface area contributed by atoms with Gasteiger partial charge in [0, 0.05) is 23.3 Å². The van der Waals surface area contributed by atoms with Crippen LogP contribution in [0.25, 0.3) is 0 Å². The van der Waals surface area contributed by atoms with E-state index in [0.29, 0.717) is 12.3 Å². The van der Waals surface area contributed by atoms with Crippen LogP contribution in [0.2, 0.25) is 0 Å². The zero-order chi connectivity index (χ0) is 20.0. The lowest BCUT2D eigenvalue weighted by atomic mass is 10.1. The van der Waals surface area contributed by atoms with Gasteiger partial charge < -0.3 is 20.5 Å². The monoisotopic (exact) mass is 370 g/mol. The predicted molar refractivity (Wildman–Crippen MR) is 105 cm³/mol. The van der Waals surface area contributed by atoms with Gasteiger partial charge in [0.1, 0.15) is 5.75 Å². The molecule has 0 aliphatic heterocycles. The zero-order valence-corrected chi connectivity index (χ0v) is 16.1. The fourth-order valence-corrected chi connectivity index (χ4v) is 2.52. The predicted octanol–water partition coefficient (Wildman–Crippen LogP) is 3.60. The van der Waals surface area contributed by atoms with E-state index < -0.39 is 5.97 Å². The van der Waals surface area contributed by atoms with E-state index in [0.717, 1.165) is 16.8 Å². The molecule has 144 valence electrons. The highest BCUT2D eigenvalue weighted by Gasteiger charge is 2.14. The summed E-state index contributed by atoms with van der Waals surface area (Å²) in [5.74, 6) is -0.539. The summed E-state index contributed by atoms with van der Waals surface area (Å²) >= 11 is 0. The van der Waals surface area contributed by atoms with Gasteiger partial charge in [0.25, 0.3) is 5.91 Å². The second-order valence-electron chi connectivity index (χ2n) is 7.38. The van der Waals surface area contributed by atoms with Crippen LogP contribution in [-0.4, -0.2) is 29.1 Å². The highest BCUT2D eigenvalue weighted by Crippen LogP contribution is 2.22. The fraction of sp³-hybridized carbons (Fsp3) is 0.333. The second kappa shape index (κ2) is 8.58. The van der Waals surface area contributed by atoms with Gasteiger partial charge in [-0.3, -0.25) is 4.79 Å². The van der Waals surface area contributed by atoms with Crippen molar-refractivity contribution in [3.8, 4) is 5.75 Å². The first-order valence-electron chi connectivity index (χ1n) is 8.75. The molecule has 0 atom stereocenters. The molecule has 2 rings (SSSR count). The number of aryl methyl sites for hydroxylation is 1. The molecule has 0 saturated heterocycles. The molecule has 2 aromatic carbocycles. The third-order valence-electron chi connectivity index (χ3n) is 3.80. The van der Waals surface area contributed by atoms with Gasteiger partial charge in [-0.25, -0.2) is 4.79 Å². The lowest BCUT2D eigenvalue weighted by molar-refractivity contribution is -0.124. The number of anilines is 1. The molecule has 3 N–H and O–H groups in total. The molecule has 0 fully saturated rings. The Bertz CT molecular complexity index is 825. The number of carbonyl (C=O) groups excluding carboxylic acids is 1. The SMILES string of the molecule is Cc1ccc(C(=O)O)cc1NCc1ccccc1OCC(=O)NC(C)(C)C. The van der Waals surface area contributed by atoms with Crippen LogP contribution in [0, 0.1) is 6.92 Å². The van der Waals surface area contributed by atoms with Crippen molar-refractivity contribution >= 4 is 17.6 Å². The summed E-state index contributed by atoms with van der Waals surface area (Å²) in [6.45, 7) is 8.03. The number of para-hydroxylation sites is 1. The molecule has 2 aromatic rings. The first-order chi connectivity index (χ1) is 12.7. The quantitative estimate of drug-likeness (QED) is 0.693. The fourth-order valence-electron chi connectivity index (χ4n) is 2.52. The molecule has 6 heteroatoms. The van der Waals surface area contributed by atoms with Crippen molar-refractivity contribution in [3.63, 3.8) is 0 Å². The summed E-state index contributed by atoms with van der Waals surface area (Å²) < 4.78 is 5.68. The molecule has 0 radical (unpaired) electrons. The van der Waals surface area contributed by atoms with Crippen LogP contribution < -0.4 is 15.4 Å². The molecule has 0 spiro atoms. The van der Waals surface area contributed by atoms with Crippen LogP contribution in [0.3, 0.4) is 0 Å². The summed E-state index contributed by atoms with van der Waals surface area (Å²) in [6, 6.07) is 12.4. The Morgan fingerprint density at radius 3 is 2.48 bits per heavy atom. The molecule has 0 saturated carbocycles. The van der Waals surface area contributed by atoms with Gasteiger partial charge >= 0.3 is 5.97 Å². The Hall–Kier alpha value is -3.02. The molecule has 0 unspecified atom stereocenters. The number of rotatable bonds is 7. The van der Waals surface area contributed by atoms with E-state index in [4.69, 9.17) is 9.84 Å². The lowest BCUT2D eigenvalue weighted by Gasteiger charge is -2.21. The topological polar surface area (TPSA) is 87.7 Å². The largest absolute Gasteiger partial charge is 0.483 e. The molecular weight excluding hydrogens is 344 g/mol. The van der Waals surface area contributed by atoms with Gasteiger partial charge in [-0.1, -0.05) is 24.3 Å². The van der Waals surface area contributed by atoms with Crippen molar-refractivity contribution in [2.24, 2.45) is 0 Å². The van der Waals surface area contributed by atoms with Crippen LogP contribution >= 0.6 is 0 Å². The standard InChI is InChI=1S/C21H26N2O4/c1-14-9-10-15(20(25)26)11-17(14)22-12-16-7-5-6-8-18(16)27-13-19(24)23-21(2,3)4/h5-11,22H,12-13H2,1-4H3,(H,23,24)(H,25,26). The molecule has 0 aliphatic carbocycles. The Kier molecular flexibility index (Phi) is 6.45. The number of carboxylic acids is 1. The zero-order valence-electron chi connectivity index (χ0n) is 16.1. The first-order valence-corrected chi connectivity index (χ1v) is 8.75. The van der Waals surface area contributed by atoms with Crippen LogP contribution in [0.4, 0.5) is 5.69 Å². The number of nitrogens with one attached hydrogen (secondary N) is 2. The van der Waals surface area contributed by atoms with Crippen molar-refractivity contribution in [3.05, 3.63) is 59.2 Å². The number of hydrogen-bond acceptors (Lipinski definition) is 4. The van der Waals surface area contributed by atoms with E-state index in [1.807, 2.05) is 52.0 Å². The van der Waals surface area contributed by atoms with E-state index in [-0.39, 0.29) is 23.6 Å². The minimum atomic E-state index is -0.966. The number of benzene rings is 2. The third-order valence-corrected chi connectivity index (χ3v) is 3.80. The normalized spacial score (nSPS) is 11.0. The molecule has 0 heterocycles. The maximum absolute atomic E-state index is 12.0. The van der Waals surface area contributed by atoms with Crippen LogP contribution in [0.1, 0.15) is 42.3 Å². The Labute approximate surface area is 159 Å². The summed E-state index contributed by atoms with van der Waals surface area (Å²) in [7, 11) is 0. The van der Waals surface area contributed by atoms with Crippen LogP contribution in [-0.2, 0) is 11.3 Å². The number of hydrogen-bond donors (Lipinski definition) is 3. The summed E-state index contributed by atoms with van der Waals surface area (Å²) in [5, 5.41) is 15.2. The van der Waals surface area contributed by atoms with Gasteiger partial charge in [0.05, 0.1) is 5.56 Å². The minimum absolute atomic E-state index is 0.0676. The van der Waals surface area contributed by atoms with Gasteiger partial charge in [0.2, 0.25) is 0 Å².